The molecule has 0 bridgehead atoms. The second kappa shape index (κ2) is 6.95. The van der Waals surface area contributed by atoms with Gasteiger partial charge in [-0.25, -0.2) is 4.79 Å². The van der Waals surface area contributed by atoms with Gasteiger partial charge in [0.15, 0.2) is 0 Å². The fourth-order valence-corrected chi connectivity index (χ4v) is 3.53. The number of esters is 1. The minimum absolute atomic E-state index is 0.0815. The van der Waals surface area contributed by atoms with Crippen molar-refractivity contribution in [2.45, 2.75) is 33.2 Å². The van der Waals surface area contributed by atoms with E-state index in [-0.39, 0.29) is 12.0 Å². The molecule has 0 aliphatic carbocycles. The van der Waals surface area contributed by atoms with Crippen LogP contribution in [-0.2, 0) is 11.3 Å². The summed E-state index contributed by atoms with van der Waals surface area (Å²) in [6.45, 7) is 6.79. The molecule has 1 aromatic heterocycles. The SMILES string of the molecule is CCOC(=O)c1oc2ccccc2c1CN1CCCC(C)(CO)C1. The summed E-state index contributed by atoms with van der Waals surface area (Å²) < 4.78 is 10.9. The summed E-state index contributed by atoms with van der Waals surface area (Å²) in [6, 6.07) is 7.69. The van der Waals surface area contributed by atoms with Crippen molar-refractivity contribution in [1.29, 1.82) is 0 Å². The monoisotopic (exact) mass is 331 g/mol. The molecule has 0 radical (unpaired) electrons. The van der Waals surface area contributed by atoms with Crippen molar-refractivity contribution >= 4 is 16.9 Å². The molecular formula is C19H25NO4. The van der Waals surface area contributed by atoms with Crippen LogP contribution in [-0.4, -0.2) is 42.3 Å². The van der Waals surface area contributed by atoms with Gasteiger partial charge in [-0.1, -0.05) is 25.1 Å². The molecular weight excluding hydrogens is 306 g/mol. The Morgan fingerprint density at radius 3 is 2.96 bits per heavy atom. The van der Waals surface area contributed by atoms with Crippen LogP contribution < -0.4 is 0 Å². The number of aliphatic hydroxyl groups is 1. The molecule has 2 heterocycles. The summed E-state index contributed by atoms with van der Waals surface area (Å²) >= 11 is 0. The molecule has 3 rings (SSSR count). The number of carbonyl (C=O) groups is 1. The Labute approximate surface area is 142 Å². The first-order valence-corrected chi connectivity index (χ1v) is 8.57. The van der Waals surface area contributed by atoms with Gasteiger partial charge in [0.25, 0.3) is 0 Å². The van der Waals surface area contributed by atoms with E-state index in [1.54, 1.807) is 6.92 Å². The highest BCUT2D eigenvalue weighted by molar-refractivity contribution is 5.96. The average molecular weight is 331 g/mol. The highest BCUT2D eigenvalue weighted by atomic mass is 16.5. The minimum Gasteiger partial charge on any atom is -0.460 e. The predicted octanol–water partition coefficient (Wildman–Crippen LogP) is 3.20. The number of furan rings is 1. The molecule has 0 spiro atoms. The van der Waals surface area contributed by atoms with Gasteiger partial charge in [0, 0.05) is 36.1 Å². The number of piperidine rings is 1. The van der Waals surface area contributed by atoms with Gasteiger partial charge in [-0.2, -0.15) is 0 Å². The number of carbonyl (C=O) groups excluding carboxylic acids is 1. The second-order valence-corrected chi connectivity index (χ2v) is 6.91. The Morgan fingerprint density at radius 1 is 1.42 bits per heavy atom. The maximum Gasteiger partial charge on any atom is 0.374 e. The lowest BCUT2D eigenvalue weighted by atomic mass is 9.82. The van der Waals surface area contributed by atoms with Crippen LogP contribution in [0.4, 0.5) is 0 Å². The summed E-state index contributed by atoms with van der Waals surface area (Å²) in [5.74, 6) is -0.111. The number of para-hydroxylation sites is 1. The van der Waals surface area contributed by atoms with Crippen LogP contribution in [0.2, 0.25) is 0 Å². The lowest BCUT2D eigenvalue weighted by molar-refractivity contribution is 0.0410. The third kappa shape index (κ3) is 3.32. The van der Waals surface area contributed by atoms with Gasteiger partial charge < -0.3 is 14.3 Å². The molecule has 5 heteroatoms. The van der Waals surface area contributed by atoms with Gasteiger partial charge in [-0.05, 0) is 32.4 Å². The Morgan fingerprint density at radius 2 is 2.21 bits per heavy atom. The molecule has 1 saturated heterocycles. The molecule has 5 nitrogen and oxygen atoms in total. The summed E-state index contributed by atoms with van der Waals surface area (Å²) in [6.07, 6.45) is 2.07. The standard InChI is InChI=1S/C19H25NO4/c1-3-23-18(22)17-15(14-7-4-5-8-16(14)24-17)11-20-10-6-9-19(2,12-20)13-21/h4-5,7-8,21H,3,6,9-13H2,1-2H3. The second-order valence-electron chi connectivity index (χ2n) is 6.91. The number of aliphatic hydroxyl groups excluding tert-OH is 1. The molecule has 1 aromatic carbocycles. The number of rotatable bonds is 5. The molecule has 0 amide bonds. The van der Waals surface area contributed by atoms with Crippen molar-refractivity contribution in [2.24, 2.45) is 5.41 Å². The van der Waals surface area contributed by atoms with Gasteiger partial charge in [0.05, 0.1) is 6.61 Å². The highest BCUT2D eigenvalue weighted by Gasteiger charge is 2.32. The molecule has 24 heavy (non-hydrogen) atoms. The van der Waals surface area contributed by atoms with E-state index < -0.39 is 5.97 Å². The van der Waals surface area contributed by atoms with Crippen LogP contribution in [0.5, 0.6) is 0 Å². The summed E-state index contributed by atoms with van der Waals surface area (Å²) in [7, 11) is 0. The Kier molecular flexibility index (Phi) is 4.92. The van der Waals surface area contributed by atoms with Crippen molar-refractivity contribution in [3.63, 3.8) is 0 Å². The lowest BCUT2D eigenvalue weighted by Gasteiger charge is -2.39. The van der Waals surface area contributed by atoms with Crippen LogP contribution in [0.1, 0.15) is 42.8 Å². The molecule has 0 saturated carbocycles. The number of likely N-dealkylation sites (tertiary alicyclic amines) is 1. The van der Waals surface area contributed by atoms with Crippen LogP contribution in [0, 0.1) is 5.41 Å². The fraction of sp³-hybridized carbons (Fsp3) is 0.526. The van der Waals surface area contributed by atoms with Crippen molar-refractivity contribution in [2.75, 3.05) is 26.3 Å². The van der Waals surface area contributed by atoms with E-state index in [0.29, 0.717) is 24.5 Å². The van der Waals surface area contributed by atoms with Crippen molar-refractivity contribution < 1.29 is 19.1 Å². The van der Waals surface area contributed by atoms with Gasteiger partial charge in [-0.15, -0.1) is 0 Å². The third-order valence-corrected chi connectivity index (χ3v) is 4.78. The van der Waals surface area contributed by atoms with Gasteiger partial charge in [0.1, 0.15) is 5.58 Å². The van der Waals surface area contributed by atoms with Crippen LogP contribution in [0.3, 0.4) is 0 Å². The predicted molar refractivity (Wildman–Crippen MR) is 91.9 cm³/mol. The maximum atomic E-state index is 12.3. The summed E-state index contributed by atoms with van der Waals surface area (Å²) in [5, 5.41) is 10.6. The zero-order valence-electron chi connectivity index (χ0n) is 14.4. The molecule has 2 aromatic rings. The normalized spacial score (nSPS) is 22.0. The average Bonchev–Trinajstić information content (AvgIpc) is 2.94. The van der Waals surface area contributed by atoms with Crippen molar-refractivity contribution in [3.8, 4) is 0 Å². The lowest BCUT2D eigenvalue weighted by Crippen LogP contribution is -2.43. The molecule has 1 N–H and O–H groups in total. The minimum atomic E-state index is -0.411. The van der Waals surface area contributed by atoms with Gasteiger partial charge in [0.2, 0.25) is 5.76 Å². The van der Waals surface area contributed by atoms with Crippen molar-refractivity contribution in [3.05, 3.63) is 35.6 Å². The van der Waals surface area contributed by atoms with Gasteiger partial charge in [-0.3, -0.25) is 4.90 Å². The Balaban J connectivity index is 1.92. The Hall–Kier alpha value is -1.85. The Bertz CT molecular complexity index is 723. The highest BCUT2D eigenvalue weighted by Crippen LogP contribution is 2.32. The molecule has 1 aliphatic heterocycles. The van der Waals surface area contributed by atoms with E-state index in [2.05, 4.69) is 11.8 Å². The molecule has 1 fully saturated rings. The van der Waals surface area contributed by atoms with E-state index in [0.717, 1.165) is 36.9 Å². The molecule has 130 valence electrons. The van der Waals surface area contributed by atoms with E-state index in [1.807, 2.05) is 24.3 Å². The first-order chi connectivity index (χ1) is 11.6. The number of benzene rings is 1. The number of hydrogen-bond acceptors (Lipinski definition) is 5. The number of ether oxygens (including phenoxy) is 1. The number of nitrogens with zero attached hydrogens (tertiary/aromatic N) is 1. The van der Waals surface area contributed by atoms with E-state index >= 15 is 0 Å². The quantitative estimate of drug-likeness (QED) is 0.853. The topological polar surface area (TPSA) is 62.9 Å². The van der Waals surface area contributed by atoms with Crippen LogP contribution in [0.25, 0.3) is 11.0 Å². The number of fused-ring (bicyclic) bond motifs is 1. The van der Waals surface area contributed by atoms with Crippen LogP contribution in [0.15, 0.2) is 28.7 Å². The largest absolute Gasteiger partial charge is 0.460 e. The van der Waals surface area contributed by atoms with Gasteiger partial charge >= 0.3 is 5.97 Å². The first-order valence-electron chi connectivity index (χ1n) is 8.57. The first kappa shape index (κ1) is 17.0. The van der Waals surface area contributed by atoms with E-state index in [4.69, 9.17) is 9.15 Å². The third-order valence-electron chi connectivity index (χ3n) is 4.78. The molecule has 1 unspecified atom stereocenters. The smallest absolute Gasteiger partial charge is 0.374 e. The van der Waals surface area contributed by atoms with Crippen LogP contribution >= 0.6 is 0 Å². The van der Waals surface area contributed by atoms with Crippen molar-refractivity contribution in [1.82, 2.24) is 4.90 Å². The van der Waals surface area contributed by atoms with E-state index in [1.165, 1.54) is 0 Å². The summed E-state index contributed by atoms with van der Waals surface area (Å²) in [4.78, 5) is 14.6. The molecule has 1 atom stereocenters. The van der Waals surface area contributed by atoms with E-state index in [9.17, 15) is 9.90 Å². The zero-order valence-corrected chi connectivity index (χ0v) is 14.4. The zero-order chi connectivity index (χ0) is 17.2. The summed E-state index contributed by atoms with van der Waals surface area (Å²) in [5.41, 5.74) is 1.51. The number of hydrogen-bond donors (Lipinski definition) is 1. The molecule has 1 aliphatic rings. The maximum absolute atomic E-state index is 12.3. The fourth-order valence-electron chi connectivity index (χ4n) is 3.53.